The van der Waals surface area contributed by atoms with Gasteiger partial charge in [-0.25, -0.2) is 18.6 Å². The fraction of sp³-hybridized carbons (Fsp3) is 0.500. The highest BCUT2D eigenvalue weighted by molar-refractivity contribution is 5.98. The second-order valence-corrected chi connectivity index (χ2v) is 4.32. The van der Waals surface area contributed by atoms with Crippen molar-refractivity contribution in [3.05, 3.63) is 22.5 Å². The Morgan fingerprint density at radius 1 is 1.53 bits per heavy atom. The number of fused-ring (bicyclic) bond motifs is 1. The molecule has 1 fully saturated rings. The molecule has 3 rings (SSSR count). The molecule has 0 radical (unpaired) electrons. The molecule has 0 bridgehead atoms. The first-order chi connectivity index (χ1) is 9.20. The maximum absolute atomic E-state index is 12.2. The number of nitrogens with one attached hydrogen (secondary N) is 1. The van der Waals surface area contributed by atoms with Crippen molar-refractivity contribution in [3.8, 4) is 0 Å². The molecular weight excluding hydrogens is 255 g/mol. The minimum absolute atomic E-state index is 0.0592. The molecule has 9 heteroatoms. The van der Waals surface area contributed by atoms with Crippen molar-refractivity contribution < 1.29 is 9.18 Å². The summed E-state index contributed by atoms with van der Waals surface area (Å²) in [7, 11) is 0. The third-order valence-corrected chi connectivity index (χ3v) is 2.84. The van der Waals surface area contributed by atoms with Crippen molar-refractivity contribution >= 4 is 11.6 Å². The fourth-order valence-corrected chi connectivity index (χ4v) is 1.70. The van der Waals surface area contributed by atoms with Gasteiger partial charge in [0.2, 0.25) is 0 Å². The Balaban J connectivity index is 2.01. The SMILES string of the molecule is O=C(NC1CC1)c1ncn2c(=O)n(CCF)nnc12. The third kappa shape index (κ3) is 2.07. The van der Waals surface area contributed by atoms with Crippen LogP contribution in [0.3, 0.4) is 0 Å². The molecule has 2 aromatic rings. The summed E-state index contributed by atoms with van der Waals surface area (Å²) in [6, 6.07) is 0.184. The van der Waals surface area contributed by atoms with E-state index >= 15 is 0 Å². The van der Waals surface area contributed by atoms with Crippen molar-refractivity contribution in [2.75, 3.05) is 6.67 Å². The van der Waals surface area contributed by atoms with Crippen LogP contribution in [0, 0.1) is 0 Å². The highest BCUT2D eigenvalue weighted by atomic mass is 19.1. The van der Waals surface area contributed by atoms with Gasteiger partial charge in [-0.2, -0.15) is 4.68 Å². The molecule has 0 unspecified atom stereocenters. The Morgan fingerprint density at radius 3 is 3.00 bits per heavy atom. The number of nitrogens with zero attached hydrogens (tertiary/aromatic N) is 5. The quantitative estimate of drug-likeness (QED) is 0.777. The molecule has 0 aromatic carbocycles. The van der Waals surface area contributed by atoms with Gasteiger partial charge < -0.3 is 5.32 Å². The van der Waals surface area contributed by atoms with E-state index in [9.17, 15) is 14.0 Å². The van der Waals surface area contributed by atoms with Crippen LogP contribution < -0.4 is 11.0 Å². The van der Waals surface area contributed by atoms with E-state index in [1.165, 1.54) is 6.33 Å². The topological polar surface area (TPSA) is 94.2 Å². The standard InChI is InChI=1S/C10H11FN6O2/c11-3-4-17-10(19)16-5-12-7(8(16)14-15-17)9(18)13-6-1-2-6/h5-6H,1-4H2,(H,13,18). The maximum atomic E-state index is 12.2. The van der Waals surface area contributed by atoms with Crippen molar-refractivity contribution in [1.29, 1.82) is 0 Å². The van der Waals surface area contributed by atoms with Crippen LogP contribution in [0.5, 0.6) is 0 Å². The molecule has 1 N–H and O–H groups in total. The van der Waals surface area contributed by atoms with Gasteiger partial charge in [0, 0.05) is 6.04 Å². The molecule has 19 heavy (non-hydrogen) atoms. The first-order valence-corrected chi connectivity index (χ1v) is 5.88. The van der Waals surface area contributed by atoms with Gasteiger partial charge >= 0.3 is 5.69 Å². The smallest absolute Gasteiger partial charge is 0.348 e. The molecule has 0 saturated heterocycles. The predicted molar refractivity (Wildman–Crippen MR) is 61.5 cm³/mol. The molecule has 0 spiro atoms. The zero-order chi connectivity index (χ0) is 13.4. The first kappa shape index (κ1) is 11.8. The van der Waals surface area contributed by atoms with Crippen molar-refractivity contribution in [2.24, 2.45) is 0 Å². The number of amides is 1. The summed E-state index contributed by atoms with van der Waals surface area (Å²) in [5.74, 6) is -0.373. The molecule has 8 nitrogen and oxygen atoms in total. The van der Waals surface area contributed by atoms with Gasteiger partial charge in [-0.3, -0.25) is 4.79 Å². The van der Waals surface area contributed by atoms with E-state index in [2.05, 4.69) is 20.6 Å². The van der Waals surface area contributed by atoms with E-state index in [0.717, 1.165) is 21.9 Å². The predicted octanol–water partition coefficient (Wildman–Crippen LogP) is -0.852. The molecule has 1 aliphatic carbocycles. The summed E-state index contributed by atoms with van der Waals surface area (Å²) < 4.78 is 14.2. The van der Waals surface area contributed by atoms with Crippen molar-refractivity contribution in [3.63, 3.8) is 0 Å². The lowest BCUT2D eigenvalue weighted by atomic mass is 10.4. The number of aromatic nitrogens is 5. The first-order valence-electron chi connectivity index (χ1n) is 5.88. The number of aryl methyl sites for hydroxylation is 1. The Hall–Kier alpha value is -2.32. The minimum Gasteiger partial charge on any atom is -0.348 e. The average molecular weight is 266 g/mol. The zero-order valence-electron chi connectivity index (χ0n) is 9.91. The van der Waals surface area contributed by atoms with Gasteiger partial charge in [-0.1, -0.05) is 5.21 Å². The third-order valence-electron chi connectivity index (χ3n) is 2.84. The fourth-order valence-electron chi connectivity index (χ4n) is 1.70. The van der Waals surface area contributed by atoms with Crippen LogP contribution in [-0.2, 0) is 6.54 Å². The summed E-state index contributed by atoms with van der Waals surface area (Å²) in [5.41, 5.74) is -0.428. The Bertz CT molecular complexity index is 689. The summed E-state index contributed by atoms with van der Waals surface area (Å²) in [5, 5.41) is 10.1. The molecule has 0 atom stereocenters. The van der Waals surface area contributed by atoms with Crippen molar-refractivity contribution in [1.82, 2.24) is 29.7 Å². The number of carbonyl (C=O) groups excluding carboxylic acids is 1. The number of rotatable bonds is 4. The largest absolute Gasteiger partial charge is 0.353 e. The summed E-state index contributed by atoms with van der Waals surface area (Å²) in [6.07, 6.45) is 3.10. The lowest BCUT2D eigenvalue weighted by Gasteiger charge is -2.01. The lowest BCUT2D eigenvalue weighted by Crippen LogP contribution is -2.31. The molecular formula is C10H11FN6O2. The monoisotopic (exact) mass is 266 g/mol. The summed E-state index contributed by atoms with van der Waals surface area (Å²) in [6.45, 7) is -0.895. The van der Waals surface area contributed by atoms with Crippen LogP contribution in [0.4, 0.5) is 4.39 Å². The van der Waals surface area contributed by atoms with Crippen LogP contribution in [0.1, 0.15) is 23.3 Å². The van der Waals surface area contributed by atoms with Crippen LogP contribution >= 0.6 is 0 Å². The van der Waals surface area contributed by atoms with E-state index in [-0.39, 0.29) is 29.8 Å². The highest BCUT2D eigenvalue weighted by Crippen LogP contribution is 2.19. The van der Waals surface area contributed by atoms with Gasteiger partial charge in [0.25, 0.3) is 5.91 Å². The summed E-state index contributed by atoms with van der Waals surface area (Å²) >= 11 is 0. The highest BCUT2D eigenvalue weighted by Gasteiger charge is 2.26. The van der Waals surface area contributed by atoms with Crippen LogP contribution in [-0.4, -0.2) is 43.0 Å². The molecule has 0 aliphatic heterocycles. The van der Waals surface area contributed by atoms with Gasteiger partial charge in [0.15, 0.2) is 11.3 Å². The van der Waals surface area contributed by atoms with E-state index < -0.39 is 12.4 Å². The van der Waals surface area contributed by atoms with Crippen LogP contribution in [0.2, 0.25) is 0 Å². The normalized spacial score (nSPS) is 14.8. The maximum Gasteiger partial charge on any atom is 0.353 e. The number of imidazole rings is 1. The number of carbonyl (C=O) groups is 1. The van der Waals surface area contributed by atoms with Crippen molar-refractivity contribution in [2.45, 2.75) is 25.4 Å². The van der Waals surface area contributed by atoms with Crippen LogP contribution in [0.25, 0.3) is 5.65 Å². The van der Waals surface area contributed by atoms with Gasteiger partial charge in [-0.05, 0) is 12.8 Å². The van der Waals surface area contributed by atoms with E-state index in [4.69, 9.17) is 0 Å². The molecule has 1 aliphatic rings. The zero-order valence-corrected chi connectivity index (χ0v) is 9.91. The molecule has 2 aromatic heterocycles. The molecule has 100 valence electrons. The average Bonchev–Trinajstić information content (AvgIpc) is 3.08. The van der Waals surface area contributed by atoms with E-state index in [1.807, 2.05) is 0 Å². The Kier molecular flexibility index (Phi) is 2.73. The van der Waals surface area contributed by atoms with Gasteiger partial charge in [0.05, 0.1) is 6.54 Å². The molecule has 1 saturated carbocycles. The number of halogens is 1. The number of alkyl halides is 1. The number of hydrogen-bond donors (Lipinski definition) is 1. The van der Waals surface area contributed by atoms with E-state index in [0.29, 0.717) is 0 Å². The van der Waals surface area contributed by atoms with Crippen LogP contribution in [0.15, 0.2) is 11.1 Å². The van der Waals surface area contributed by atoms with E-state index in [1.54, 1.807) is 0 Å². The molecule has 1 amide bonds. The Labute approximate surface area is 106 Å². The second kappa shape index (κ2) is 4.41. The Morgan fingerprint density at radius 2 is 2.32 bits per heavy atom. The minimum atomic E-state index is -0.718. The lowest BCUT2D eigenvalue weighted by molar-refractivity contribution is 0.0948. The van der Waals surface area contributed by atoms with Gasteiger partial charge in [-0.15, -0.1) is 5.10 Å². The summed E-state index contributed by atoms with van der Waals surface area (Å²) in [4.78, 5) is 27.6. The molecule has 2 heterocycles. The van der Waals surface area contributed by atoms with Gasteiger partial charge in [0.1, 0.15) is 13.0 Å². The second-order valence-electron chi connectivity index (χ2n) is 4.32. The number of hydrogen-bond acceptors (Lipinski definition) is 5.